The van der Waals surface area contributed by atoms with Crippen LogP contribution in [0, 0.1) is 14.9 Å². The van der Waals surface area contributed by atoms with Crippen molar-refractivity contribution in [2.24, 2.45) is 5.73 Å². The molecule has 2 aliphatic rings. The Hall–Kier alpha value is -3.52. The number of nitrogens with zero attached hydrogens (tertiary/aromatic N) is 1. The van der Waals surface area contributed by atoms with E-state index in [4.69, 9.17) is 24.7 Å². The van der Waals surface area contributed by atoms with E-state index >= 15 is 0 Å². The lowest BCUT2D eigenvalue weighted by atomic mass is 9.77. The Bertz CT molecular complexity index is 1320. The zero-order valence-corrected chi connectivity index (χ0v) is 22.1. The summed E-state index contributed by atoms with van der Waals surface area (Å²) in [5.74, 6) is -0.129. The minimum Gasteiger partial charge on any atom is -0.490 e. The number of ether oxygens (including phenoxy) is 4. The fourth-order valence-corrected chi connectivity index (χ4v) is 5.24. The molecule has 36 heavy (non-hydrogen) atoms. The van der Waals surface area contributed by atoms with Crippen LogP contribution in [0.2, 0.25) is 0 Å². The lowest BCUT2D eigenvalue weighted by molar-refractivity contribution is -0.136. The largest absolute Gasteiger partial charge is 0.490 e. The maximum Gasteiger partial charge on any atom is 0.340 e. The Balaban J connectivity index is 1.80. The lowest BCUT2D eigenvalue weighted by Crippen LogP contribution is -2.31. The molecular weight excluding hydrogens is 575 g/mol. The molecular formula is C27H25IN2O6. The normalized spacial score (nSPS) is 17.2. The molecule has 0 unspecified atom stereocenters. The zero-order valence-electron chi connectivity index (χ0n) is 19.9. The number of hydrogen-bond acceptors (Lipinski definition) is 8. The van der Waals surface area contributed by atoms with Crippen molar-refractivity contribution in [1.82, 2.24) is 0 Å². The Morgan fingerprint density at radius 1 is 1.25 bits per heavy atom. The molecule has 9 heteroatoms. The number of ketones is 1. The minimum absolute atomic E-state index is 0.0679. The van der Waals surface area contributed by atoms with Crippen LogP contribution >= 0.6 is 22.6 Å². The molecule has 1 atom stereocenters. The highest BCUT2D eigenvalue weighted by atomic mass is 127. The molecule has 8 nitrogen and oxygen atoms in total. The molecule has 2 N–H and O–H groups in total. The first kappa shape index (κ1) is 25.6. The quantitative estimate of drug-likeness (QED) is 0.362. The number of hydrogen-bond donors (Lipinski definition) is 1. The van der Waals surface area contributed by atoms with Crippen molar-refractivity contribution in [3.05, 3.63) is 79.4 Å². The summed E-state index contributed by atoms with van der Waals surface area (Å²) in [6, 6.07) is 13.0. The lowest BCUT2D eigenvalue weighted by Gasteiger charge is -2.32. The number of carbonyl (C=O) groups excluding carboxylic acids is 2. The van der Waals surface area contributed by atoms with Crippen LogP contribution in [0.25, 0.3) is 0 Å². The number of methoxy groups -OCH3 is 1. The molecule has 0 bridgehead atoms. The minimum atomic E-state index is -0.755. The molecule has 0 aromatic heterocycles. The van der Waals surface area contributed by atoms with Gasteiger partial charge in [0.2, 0.25) is 5.88 Å². The number of nitriles is 1. The SMILES string of the molecule is CCOc1cc([C@H]2C(C(=O)OC)=C(N)OC3=C2C(=O)CCC3)cc(I)c1OCc1ccccc1C#N. The first-order valence-corrected chi connectivity index (χ1v) is 12.6. The van der Waals surface area contributed by atoms with Gasteiger partial charge in [-0.25, -0.2) is 4.79 Å². The predicted molar refractivity (Wildman–Crippen MR) is 139 cm³/mol. The molecule has 0 saturated heterocycles. The van der Waals surface area contributed by atoms with Crippen molar-refractivity contribution in [2.45, 2.75) is 38.7 Å². The Kier molecular flexibility index (Phi) is 7.84. The van der Waals surface area contributed by atoms with Crippen molar-refractivity contribution in [3.8, 4) is 17.6 Å². The topological polar surface area (TPSA) is 121 Å². The van der Waals surface area contributed by atoms with Gasteiger partial charge in [0.25, 0.3) is 0 Å². The van der Waals surface area contributed by atoms with Gasteiger partial charge in [0.1, 0.15) is 17.9 Å². The van der Waals surface area contributed by atoms with Gasteiger partial charge in [-0.05, 0) is 59.7 Å². The molecule has 186 valence electrons. The highest BCUT2D eigenvalue weighted by Gasteiger charge is 2.41. The summed E-state index contributed by atoms with van der Waals surface area (Å²) in [5, 5.41) is 9.39. The number of Topliss-reactive ketones (excluding diaryl/α,β-unsaturated/α-hetero) is 1. The fraction of sp³-hybridized carbons (Fsp3) is 0.296. The van der Waals surface area contributed by atoms with Crippen LogP contribution in [0.1, 0.15) is 48.8 Å². The fourth-order valence-electron chi connectivity index (χ4n) is 4.46. The van der Waals surface area contributed by atoms with Crippen molar-refractivity contribution in [3.63, 3.8) is 0 Å². The smallest absolute Gasteiger partial charge is 0.340 e. The molecule has 0 saturated carbocycles. The van der Waals surface area contributed by atoms with Gasteiger partial charge in [0.05, 0.1) is 34.8 Å². The third-order valence-electron chi connectivity index (χ3n) is 6.06. The summed E-state index contributed by atoms with van der Waals surface area (Å²) in [7, 11) is 1.26. The molecule has 2 aromatic carbocycles. The van der Waals surface area contributed by atoms with Gasteiger partial charge >= 0.3 is 5.97 Å². The zero-order chi connectivity index (χ0) is 25.8. The monoisotopic (exact) mass is 600 g/mol. The molecule has 0 amide bonds. The highest BCUT2D eigenvalue weighted by molar-refractivity contribution is 14.1. The molecule has 1 heterocycles. The van der Waals surface area contributed by atoms with Crippen LogP contribution < -0.4 is 15.2 Å². The summed E-state index contributed by atoms with van der Waals surface area (Å²) in [5.41, 5.74) is 8.59. The standard InChI is InChI=1S/C27H25IN2O6/c1-3-34-21-12-17(11-18(28)25(21)35-14-16-8-5-4-7-15(16)13-29)22-23-19(31)9-6-10-20(23)36-26(30)24(22)27(32)33-2/h4-5,7-8,11-12,22H,3,6,9-10,14,30H2,1-2H3/t22-/m1/s1. The van der Waals surface area contributed by atoms with E-state index in [9.17, 15) is 14.9 Å². The van der Waals surface area contributed by atoms with Crippen molar-refractivity contribution in [1.29, 1.82) is 5.26 Å². The Labute approximate surface area is 222 Å². The predicted octanol–water partition coefficient (Wildman–Crippen LogP) is 4.60. The number of halogens is 1. The Morgan fingerprint density at radius 3 is 2.75 bits per heavy atom. The summed E-state index contributed by atoms with van der Waals surface area (Å²) in [6.45, 7) is 2.39. The summed E-state index contributed by atoms with van der Waals surface area (Å²) < 4.78 is 23.5. The van der Waals surface area contributed by atoms with Crippen LogP contribution in [0.5, 0.6) is 11.5 Å². The van der Waals surface area contributed by atoms with E-state index in [0.29, 0.717) is 63.4 Å². The second-order valence-electron chi connectivity index (χ2n) is 8.24. The van der Waals surface area contributed by atoms with E-state index in [1.54, 1.807) is 18.2 Å². The molecule has 2 aromatic rings. The number of allylic oxidation sites excluding steroid dienone is 2. The third kappa shape index (κ3) is 4.91. The van der Waals surface area contributed by atoms with Crippen molar-refractivity contribution >= 4 is 34.3 Å². The van der Waals surface area contributed by atoms with Gasteiger partial charge in [-0.3, -0.25) is 4.79 Å². The average Bonchev–Trinajstić information content (AvgIpc) is 2.87. The molecule has 4 rings (SSSR count). The van der Waals surface area contributed by atoms with E-state index in [-0.39, 0.29) is 23.8 Å². The van der Waals surface area contributed by atoms with Crippen LogP contribution in [0.4, 0.5) is 0 Å². The number of esters is 1. The van der Waals surface area contributed by atoms with E-state index < -0.39 is 11.9 Å². The van der Waals surface area contributed by atoms with Gasteiger partial charge < -0.3 is 24.7 Å². The van der Waals surface area contributed by atoms with E-state index in [0.717, 1.165) is 5.56 Å². The van der Waals surface area contributed by atoms with E-state index in [1.807, 2.05) is 25.1 Å². The second kappa shape index (κ2) is 11.0. The number of nitrogens with two attached hydrogens (primary N) is 1. The van der Waals surface area contributed by atoms with E-state index in [2.05, 4.69) is 28.7 Å². The molecule has 0 fully saturated rings. The van der Waals surface area contributed by atoms with Gasteiger partial charge in [0, 0.05) is 24.0 Å². The van der Waals surface area contributed by atoms with Gasteiger partial charge in [-0.2, -0.15) is 5.26 Å². The van der Waals surface area contributed by atoms with Crippen molar-refractivity contribution < 1.29 is 28.5 Å². The van der Waals surface area contributed by atoms with Crippen LogP contribution in [-0.2, 0) is 25.7 Å². The third-order valence-corrected chi connectivity index (χ3v) is 6.87. The van der Waals surface area contributed by atoms with Gasteiger partial charge in [-0.1, -0.05) is 18.2 Å². The summed E-state index contributed by atoms with van der Waals surface area (Å²) in [4.78, 5) is 25.8. The molecule has 0 spiro atoms. The van der Waals surface area contributed by atoms with E-state index in [1.165, 1.54) is 7.11 Å². The molecule has 1 aliphatic heterocycles. The number of rotatable bonds is 7. The van der Waals surface area contributed by atoms with Crippen molar-refractivity contribution in [2.75, 3.05) is 13.7 Å². The molecule has 0 radical (unpaired) electrons. The number of benzene rings is 2. The van der Waals surface area contributed by atoms with Gasteiger partial charge in [-0.15, -0.1) is 0 Å². The second-order valence-corrected chi connectivity index (χ2v) is 9.40. The maximum atomic E-state index is 13.0. The molecule has 1 aliphatic carbocycles. The van der Waals surface area contributed by atoms with Crippen LogP contribution in [-0.4, -0.2) is 25.5 Å². The van der Waals surface area contributed by atoms with Gasteiger partial charge in [0.15, 0.2) is 17.3 Å². The highest BCUT2D eigenvalue weighted by Crippen LogP contribution is 2.47. The van der Waals surface area contributed by atoms with Crippen LogP contribution in [0.3, 0.4) is 0 Å². The maximum absolute atomic E-state index is 13.0. The first-order valence-electron chi connectivity index (χ1n) is 11.5. The number of carbonyl (C=O) groups is 2. The summed E-state index contributed by atoms with van der Waals surface area (Å²) in [6.07, 6.45) is 1.58. The Morgan fingerprint density at radius 2 is 2.03 bits per heavy atom. The average molecular weight is 600 g/mol. The van der Waals surface area contributed by atoms with Crippen LogP contribution in [0.15, 0.2) is 59.2 Å². The summed E-state index contributed by atoms with van der Waals surface area (Å²) >= 11 is 2.13. The first-order chi connectivity index (χ1) is 17.4.